The largest absolute Gasteiger partial charge is 0.324 e. The monoisotopic (exact) mass is 306 g/mol. The summed E-state index contributed by atoms with van der Waals surface area (Å²) in [5.41, 5.74) is 1.75. The van der Waals surface area contributed by atoms with Crippen LogP contribution in [0.3, 0.4) is 0 Å². The lowest BCUT2D eigenvalue weighted by Crippen LogP contribution is -2.53. The third kappa shape index (κ3) is 3.24. The zero-order valence-electron chi connectivity index (χ0n) is 12.5. The number of amides is 1. The normalized spacial score (nSPS) is 28.8. The third-order valence-electron chi connectivity index (χ3n) is 4.99. The molecule has 1 amide bonds. The van der Waals surface area contributed by atoms with Crippen molar-refractivity contribution in [1.29, 1.82) is 0 Å². The Morgan fingerprint density at radius 3 is 2.90 bits per heavy atom. The number of nitrogens with one attached hydrogen (secondary N) is 2. The molecule has 0 bridgehead atoms. The van der Waals surface area contributed by atoms with Gasteiger partial charge in [0.25, 0.3) is 0 Å². The number of carbonyl (C=O) groups is 1. The highest BCUT2D eigenvalue weighted by Crippen LogP contribution is 2.32. The van der Waals surface area contributed by atoms with Crippen LogP contribution in [0.5, 0.6) is 0 Å². The summed E-state index contributed by atoms with van der Waals surface area (Å²) in [4.78, 5) is 12.5. The van der Waals surface area contributed by atoms with E-state index in [0.29, 0.717) is 11.1 Å². The molecule has 114 valence electrons. The molecule has 3 unspecified atom stereocenters. The summed E-state index contributed by atoms with van der Waals surface area (Å²) in [6, 6.07) is 6.09. The van der Waals surface area contributed by atoms with Crippen LogP contribution in [0.25, 0.3) is 0 Å². The molecule has 3 rings (SSSR count). The molecule has 1 aliphatic carbocycles. The minimum Gasteiger partial charge on any atom is -0.324 e. The van der Waals surface area contributed by atoms with Crippen molar-refractivity contribution in [3.63, 3.8) is 0 Å². The van der Waals surface area contributed by atoms with E-state index in [1.54, 1.807) is 0 Å². The van der Waals surface area contributed by atoms with Crippen LogP contribution in [-0.4, -0.2) is 18.0 Å². The lowest BCUT2D eigenvalue weighted by Gasteiger charge is -2.39. The van der Waals surface area contributed by atoms with Crippen LogP contribution in [-0.2, 0) is 4.79 Å². The number of hydrogen-bond donors (Lipinski definition) is 2. The average molecular weight is 307 g/mol. The van der Waals surface area contributed by atoms with Gasteiger partial charge in [0.15, 0.2) is 0 Å². The van der Waals surface area contributed by atoms with Gasteiger partial charge in [0.2, 0.25) is 5.91 Å². The minimum atomic E-state index is -0.0669. The van der Waals surface area contributed by atoms with Crippen LogP contribution in [0.4, 0.5) is 5.69 Å². The maximum absolute atomic E-state index is 12.5. The second-order valence-corrected chi connectivity index (χ2v) is 6.76. The van der Waals surface area contributed by atoms with Crippen LogP contribution in [0.1, 0.15) is 44.1 Å². The van der Waals surface area contributed by atoms with Crippen molar-refractivity contribution in [3.05, 3.63) is 28.8 Å². The Labute approximate surface area is 131 Å². The average Bonchev–Trinajstić information content (AvgIpc) is 2.51. The van der Waals surface area contributed by atoms with Crippen molar-refractivity contribution in [2.45, 2.75) is 57.5 Å². The molecule has 4 heteroatoms. The predicted molar refractivity (Wildman–Crippen MR) is 86.7 cm³/mol. The van der Waals surface area contributed by atoms with E-state index in [1.807, 2.05) is 25.1 Å². The smallest absolute Gasteiger partial charge is 0.241 e. The van der Waals surface area contributed by atoms with E-state index in [0.717, 1.165) is 23.6 Å². The van der Waals surface area contributed by atoms with Crippen molar-refractivity contribution in [2.24, 2.45) is 5.92 Å². The first kappa shape index (κ1) is 14.9. The molecule has 2 fully saturated rings. The van der Waals surface area contributed by atoms with Crippen LogP contribution in [0.2, 0.25) is 5.02 Å². The fraction of sp³-hybridized carbons (Fsp3) is 0.588. The fourth-order valence-electron chi connectivity index (χ4n) is 3.66. The fourth-order valence-corrected chi connectivity index (χ4v) is 3.84. The van der Waals surface area contributed by atoms with E-state index in [9.17, 15) is 4.79 Å². The lowest BCUT2D eigenvalue weighted by atomic mass is 9.77. The van der Waals surface area contributed by atoms with Gasteiger partial charge in [0.1, 0.15) is 0 Å². The van der Waals surface area contributed by atoms with E-state index >= 15 is 0 Å². The molecule has 2 N–H and O–H groups in total. The van der Waals surface area contributed by atoms with Gasteiger partial charge < -0.3 is 10.6 Å². The first-order chi connectivity index (χ1) is 10.1. The van der Waals surface area contributed by atoms with Crippen molar-refractivity contribution in [2.75, 3.05) is 5.32 Å². The highest BCUT2D eigenvalue weighted by molar-refractivity contribution is 6.31. The van der Waals surface area contributed by atoms with Gasteiger partial charge in [0.05, 0.1) is 6.04 Å². The van der Waals surface area contributed by atoms with Gasteiger partial charge >= 0.3 is 0 Å². The Hall–Kier alpha value is -1.06. The van der Waals surface area contributed by atoms with Crippen molar-refractivity contribution >= 4 is 23.2 Å². The molecule has 1 aromatic carbocycles. The van der Waals surface area contributed by atoms with Gasteiger partial charge in [-0.25, -0.2) is 0 Å². The zero-order valence-corrected chi connectivity index (χ0v) is 13.2. The molecule has 1 aromatic rings. The SMILES string of the molecule is Cc1c(Cl)cccc1NC(=O)C1CCC2CCCCC2N1. The summed E-state index contributed by atoms with van der Waals surface area (Å²) in [7, 11) is 0. The van der Waals surface area contributed by atoms with E-state index in [4.69, 9.17) is 11.6 Å². The van der Waals surface area contributed by atoms with E-state index in [2.05, 4.69) is 10.6 Å². The Morgan fingerprint density at radius 2 is 2.05 bits per heavy atom. The summed E-state index contributed by atoms with van der Waals surface area (Å²) in [5.74, 6) is 0.847. The quantitative estimate of drug-likeness (QED) is 0.870. The molecule has 3 nitrogen and oxygen atoms in total. The molecule has 2 aliphatic rings. The molecule has 1 heterocycles. The molecule has 0 spiro atoms. The van der Waals surface area contributed by atoms with E-state index < -0.39 is 0 Å². The van der Waals surface area contributed by atoms with Crippen molar-refractivity contribution < 1.29 is 4.79 Å². The third-order valence-corrected chi connectivity index (χ3v) is 5.40. The minimum absolute atomic E-state index is 0.0669. The number of hydrogen-bond acceptors (Lipinski definition) is 2. The number of benzene rings is 1. The Kier molecular flexibility index (Phi) is 4.51. The first-order valence-electron chi connectivity index (χ1n) is 7.97. The maximum atomic E-state index is 12.5. The van der Waals surface area contributed by atoms with Crippen molar-refractivity contribution in [1.82, 2.24) is 5.32 Å². The first-order valence-corrected chi connectivity index (χ1v) is 8.35. The number of anilines is 1. The second kappa shape index (κ2) is 6.37. The molecule has 0 radical (unpaired) electrons. The molecule has 1 aliphatic heterocycles. The summed E-state index contributed by atoms with van der Waals surface area (Å²) < 4.78 is 0. The summed E-state index contributed by atoms with van der Waals surface area (Å²) >= 11 is 6.11. The van der Waals surface area contributed by atoms with Gasteiger partial charge in [-0.2, -0.15) is 0 Å². The summed E-state index contributed by atoms with van der Waals surface area (Å²) in [5, 5.41) is 7.29. The Morgan fingerprint density at radius 1 is 1.24 bits per heavy atom. The number of fused-ring (bicyclic) bond motifs is 1. The maximum Gasteiger partial charge on any atom is 0.241 e. The van der Waals surface area contributed by atoms with Crippen LogP contribution >= 0.6 is 11.6 Å². The molecular weight excluding hydrogens is 284 g/mol. The zero-order chi connectivity index (χ0) is 14.8. The topological polar surface area (TPSA) is 41.1 Å². The highest BCUT2D eigenvalue weighted by atomic mass is 35.5. The Balaban J connectivity index is 1.64. The van der Waals surface area contributed by atoms with Gasteiger partial charge in [-0.3, -0.25) is 4.79 Å². The van der Waals surface area contributed by atoms with Gasteiger partial charge in [-0.05, 0) is 56.2 Å². The van der Waals surface area contributed by atoms with E-state index in [1.165, 1.54) is 32.1 Å². The molecule has 3 atom stereocenters. The lowest BCUT2D eigenvalue weighted by molar-refractivity contribution is -0.119. The van der Waals surface area contributed by atoms with Crippen LogP contribution in [0, 0.1) is 12.8 Å². The van der Waals surface area contributed by atoms with E-state index in [-0.39, 0.29) is 11.9 Å². The number of rotatable bonds is 2. The second-order valence-electron chi connectivity index (χ2n) is 6.35. The van der Waals surface area contributed by atoms with Crippen LogP contribution in [0.15, 0.2) is 18.2 Å². The summed E-state index contributed by atoms with van der Waals surface area (Å²) in [6.45, 7) is 1.93. The van der Waals surface area contributed by atoms with Crippen molar-refractivity contribution in [3.8, 4) is 0 Å². The molecule has 1 saturated heterocycles. The molecule has 1 saturated carbocycles. The van der Waals surface area contributed by atoms with Gasteiger partial charge in [-0.1, -0.05) is 30.5 Å². The van der Waals surface area contributed by atoms with Crippen LogP contribution < -0.4 is 10.6 Å². The highest BCUT2D eigenvalue weighted by Gasteiger charge is 2.34. The summed E-state index contributed by atoms with van der Waals surface area (Å²) in [6.07, 6.45) is 7.28. The van der Waals surface area contributed by atoms with Gasteiger partial charge in [0, 0.05) is 16.8 Å². The molecular formula is C17H23ClN2O. The van der Waals surface area contributed by atoms with Gasteiger partial charge in [-0.15, -0.1) is 0 Å². The number of piperidine rings is 1. The Bertz CT molecular complexity index is 532. The number of carbonyl (C=O) groups excluding carboxylic acids is 1. The predicted octanol–water partition coefficient (Wildman–Crippen LogP) is 3.90. The molecule has 0 aromatic heterocycles. The number of halogens is 1. The standard InChI is InChI=1S/C17H23ClN2O/c1-11-13(18)6-4-8-14(11)20-17(21)16-10-9-12-5-2-3-7-15(12)19-16/h4,6,8,12,15-16,19H,2-3,5,7,9-10H2,1H3,(H,20,21). The molecule has 21 heavy (non-hydrogen) atoms.